The number of benzene rings is 2. The molecule has 1 amide bonds. The van der Waals surface area contributed by atoms with Crippen molar-refractivity contribution in [2.24, 2.45) is 5.10 Å². The van der Waals surface area contributed by atoms with E-state index in [-0.39, 0.29) is 5.91 Å². The Morgan fingerprint density at radius 3 is 2.46 bits per heavy atom. The molecule has 0 saturated heterocycles. The molecule has 2 aromatic carbocycles. The average Bonchev–Trinajstić information content (AvgIpc) is 2.60. The number of hydrogen-bond acceptors (Lipinski definition) is 5. The van der Waals surface area contributed by atoms with Crippen molar-refractivity contribution >= 4 is 23.7 Å². The summed E-state index contributed by atoms with van der Waals surface area (Å²) in [6, 6.07) is 10.2. The topological polar surface area (TPSA) is 69.2 Å². The van der Waals surface area contributed by atoms with E-state index in [1.807, 2.05) is 0 Å². The fourth-order valence-electron chi connectivity index (χ4n) is 2.07. The number of nitrogens with one attached hydrogen (secondary N) is 1. The summed E-state index contributed by atoms with van der Waals surface area (Å²) in [4.78, 5) is 12.1. The predicted molar refractivity (Wildman–Crippen MR) is 92.6 cm³/mol. The molecule has 0 fully saturated rings. The molecule has 0 radical (unpaired) electrons. The van der Waals surface area contributed by atoms with E-state index in [1.165, 1.54) is 27.5 Å². The third-order valence-corrected chi connectivity index (χ3v) is 3.47. The highest BCUT2D eigenvalue weighted by molar-refractivity contribution is 6.32. The fourth-order valence-corrected chi connectivity index (χ4v) is 2.37. The molecule has 0 aliphatic heterocycles. The van der Waals surface area contributed by atoms with E-state index in [0.29, 0.717) is 33.4 Å². The van der Waals surface area contributed by atoms with Gasteiger partial charge in [-0.3, -0.25) is 4.79 Å². The van der Waals surface area contributed by atoms with E-state index in [1.54, 1.807) is 36.4 Å². The number of para-hydroxylation sites is 1. The fraction of sp³-hybridized carbons (Fsp3) is 0.176. The summed E-state index contributed by atoms with van der Waals surface area (Å²) in [5, 5.41) is 4.31. The molecule has 0 atom stereocenters. The van der Waals surface area contributed by atoms with Crippen molar-refractivity contribution in [3.05, 3.63) is 52.5 Å². The van der Waals surface area contributed by atoms with Gasteiger partial charge >= 0.3 is 0 Å². The molecule has 0 spiro atoms. The van der Waals surface area contributed by atoms with Crippen molar-refractivity contribution in [1.82, 2.24) is 5.43 Å². The third-order valence-electron chi connectivity index (χ3n) is 3.19. The van der Waals surface area contributed by atoms with Gasteiger partial charge in [0, 0.05) is 0 Å². The van der Waals surface area contributed by atoms with Gasteiger partial charge in [-0.05, 0) is 29.8 Å². The molecule has 2 aromatic rings. The van der Waals surface area contributed by atoms with Crippen LogP contribution >= 0.6 is 11.6 Å². The maximum Gasteiger partial charge on any atom is 0.275 e. The van der Waals surface area contributed by atoms with Gasteiger partial charge in [-0.25, -0.2) is 5.43 Å². The Kier molecular flexibility index (Phi) is 6.03. The summed E-state index contributed by atoms with van der Waals surface area (Å²) < 4.78 is 15.5. The van der Waals surface area contributed by atoms with Crippen molar-refractivity contribution in [1.29, 1.82) is 0 Å². The van der Waals surface area contributed by atoms with Gasteiger partial charge in [0.25, 0.3) is 5.91 Å². The molecule has 0 bridgehead atoms. The SMILES string of the molecule is COc1ccccc1C(=O)N/N=C/c1cc(Cl)c(OC)c(OC)c1. The molecule has 0 heterocycles. The number of methoxy groups -OCH3 is 3. The van der Waals surface area contributed by atoms with Crippen LogP contribution in [0.2, 0.25) is 5.02 Å². The van der Waals surface area contributed by atoms with E-state index < -0.39 is 0 Å². The van der Waals surface area contributed by atoms with Crippen molar-refractivity contribution in [2.45, 2.75) is 0 Å². The molecule has 0 aliphatic rings. The summed E-state index contributed by atoms with van der Waals surface area (Å²) in [6.45, 7) is 0. The van der Waals surface area contributed by atoms with Gasteiger partial charge in [0.2, 0.25) is 0 Å². The molecule has 0 aliphatic carbocycles. The Hall–Kier alpha value is -2.73. The van der Waals surface area contributed by atoms with Gasteiger partial charge < -0.3 is 14.2 Å². The monoisotopic (exact) mass is 348 g/mol. The first-order chi connectivity index (χ1) is 11.6. The lowest BCUT2D eigenvalue weighted by Crippen LogP contribution is -2.18. The molecule has 1 N–H and O–H groups in total. The van der Waals surface area contributed by atoms with Crippen LogP contribution in [0.3, 0.4) is 0 Å². The van der Waals surface area contributed by atoms with Gasteiger partial charge in [-0.2, -0.15) is 5.10 Å². The average molecular weight is 349 g/mol. The van der Waals surface area contributed by atoms with Crippen molar-refractivity contribution in [3.8, 4) is 17.2 Å². The highest BCUT2D eigenvalue weighted by atomic mass is 35.5. The zero-order valence-corrected chi connectivity index (χ0v) is 14.3. The maximum atomic E-state index is 12.1. The van der Waals surface area contributed by atoms with E-state index >= 15 is 0 Å². The molecule has 0 aromatic heterocycles. The first-order valence-electron chi connectivity index (χ1n) is 6.98. The minimum absolute atomic E-state index is 0.379. The first kappa shape index (κ1) is 17.6. The molecule has 126 valence electrons. The Morgan fingerprint density at radius 1 is 1.08 bits per heavy atom. The van der Waals surface area contributed by atoms with Crippen LogP contribution < -0.4 is 19.6 Å². The second-order valence-electron chi connectivity index (χ2n) is 4.64. The number of hydrazone groups is 1. The Morgan fingerprint density at radius 2 is 1.79 bits per heavy atom. The van der Waals surface area contributed by atoms with E-state index in [4.69, 9.17) is 25.8 Å². The molecule has 24 heavy (non-hydrogen) atoms. The quantitative estimate of drug-likeness (QED) is 0.643. The van der Waals surface area contributed by atoms with Crippen LogP contribution in [-0.2, 0) is 0 Å². The number of ether oxygens (including phenoxy) is 3. The van der Waals surface area contributed by atoms with E-state index in [0.717, 1.165) is 0 Å². The van der Waals surface area contributed by atoms with Crippen molar-refractivity contribution < 1.29 is 19.0 Å². The van der Waals surface area contributed by atoms with Crippen LogP contribution in [0.5, 0.6) is 17.2 Å². The van der Waals surface area contributed by atoms with Crippen molar-refractivity contribution in [2.75, 3.05) is 21.3 Å². The maximum absolute atomic E-state index is 12.1. The summed E-state index contributed by atoms with van der Waals surface area (Å²) in [5.74, 6) is 1.01. The molecular formula is C17H17ClN2O4. The summed E-state index contributed by atoms with van der Waals surface area (Å²) in [5.41, 5.74) is 3.49. The smallest absolute Gasteiger partial charge is 0.275 e. The van der Waals surface area contributed by atoms with Crippen LogP contribution in [0.1, 0.15) is 15.9 Å². The summed E-state index contributed by atoms with van der Waals surface area (Å²) in [6.07, 6.45) is 1.46. The largest absolute Gasteiger partial charge is 0.496 e. The number of rotatable bonds is 6. The van der Waals surface area contributed by atoms with E-state index in [9.17, 15) is 4.79 Å². The minimum Gasteiger partial charge on any atom is -0.496 e. The lowest BCUT2D eigenvalue weighted by molar-refractivity contribution is 0.0952. The molecule has 7 heteroatoms. The van der Waals surface area contributed by atoms with Gasteiger partial charge in [-0.1, -0.05) is 23.7 Å². The van der Waals surface area contributed by atoms with Gasteiger partial charge in [0.1, 0.15) is 5.75 Å². The predicted octanol–water partition coefficient (Wildman–Crippen LogP) is 3.13. The van der Waals surface area contributed by atoms with Gasteiger partial charge in [0.05, 0.1) is 38.1 Å². The third kappa shape index (κ3) is 3.97. The number of halogens is 1. The second kappa shape index (κ2) is 8.21. The zero-order valence-electron chi connectivity index (χ0n) is 13.5. The standard InChI is InChI=1S/C17H17ClN2O4/c1-22-14-7-5-4-6-12(14)17(21)20-19-10-11-8-13(18)16(24-3)15(9-11)23-2/h4-10H,1-3H3,(H,20,21)/b19-10+. The molecular weight excluding hydrogens is 332 g/mol. The van der Waals surface area contributed by atoms with E-state index in [2.05, 4.69) is 10.5 Å². The minimum atomic E-state index is -0.379. The lowest BCUT2D eigenvalue weighted by atomic mass is 10.2. The van der Waals surface area contributed by atoms with Crippen LogP contribution in [-0.4, -0.2) is 33.5 Å². The number of nitrogens with zero attached hydrogens (tertiary/aromatic N) is 1. The number of carbonyl (C=O) groups excluding carboxylic acids is 1. The number of amides is 1. The normalized spacial score (nSPS) is 10.5. The van der Waals surface area contributed by atoms with Crippen molar-refractivity contribution in [3.63, 3.8) is 0 Å². The first-order valence-corrected chi connectivity index (χ1v) is 7.36. The van der Waals surface area contributed by atoms with Crippen LogP contribution in [0.15, 0.2) is 41.5 Å². The molecule has 6 nitrogen and oxygen atoms in total. The molecule has 2 rings (SSSR count). The Labute approximate surface area is 145 Å². The lowest BCUT2D eigenvalue weighted by Gasteiger charge is -2.10. The number of carbonyl (C=O) groups is 1. The van der Waals surface area contributed by atoms with Gasteiger partial charge in [0.15, 0.2) is 11.5 Å². The van der Waals surface area contributed by atoms with Gasteiger partial charge in [-0.15, -0.1) is 0 Å². The summed E-state index contributed by atoms with van der Waals surface area (Å²) >= 11 is 6.12. The highest BCUT2D eigenvalue weighted by Gasteiger charge is 2.11. The zero-order chi connectivity index (χ0) is 17.5. The Bertz CT molecular complexity index is 762. The van der Waals surface area contributed by atoms with Crippen LogP contribution in [0, 0.1) is 0 Å². The van der Waals surface area contributed by atoms with Crippen LogP contribution in [0.25, 0.3) is 0 Å². The highest BCUT2D eigenvalue weighted by Crippen LogP contribution is 2.35. The number of hydrogen-bond donors (Lipinski definition) is 1. The molecule has 0 unspecified atom stereocenters. The second-order valence-corrected chi connectivity index (χ2v) is 5.04. The van der Waals surface area contributed by atoms with Crippen LogP contribution in [0.4, 0.5) is 0 Å². The summed E-state index contributed by atoms with van der Waals surface area (Å²) in [7, 11) is 4.52. The molecule has 0 saturated carbocycles. The Balaban J connectivity index is 2.14.